The lowest BCUT2D eigenvalue weighted by molar-refractivity contribution is 0.0565. The molecule has 4 rings (SSSR count). The Morgan fingerprint density at radius 1 is 1.11 bits per heavy atom. The SMILES string of the molecule is CCn1nc(C(C)C)cc1C(=O)N1CCN(C2Cc3ccccc3C2)CC1. The molecule has 2 heterocycles. The van der Waals surface area contributed by atoms with E-state index in [1.807, 2.05) is 22.6 Å². The number of aryl methyl sites for hydroxylation is 1. The van der Waals surface area contributed by atoms with Crippen LogP contribution in [0, 0.1) is 0 Å². The summed E-state index contributed by atoms with van der Waals surface area (Å²) in [5, 5.41) is 4.60. The van der Waals surface area contributed by atoms with Gasteiger partial charge in [-0.05, 0) is 42.9 Å². The Kier molecular flexibility index (Phi) is 5.04. The smallest absolute Gasteiger partial charge is 0.272 e. The minimum absolute atomic E-state index is 0.130. The van der Waals surface area contributed by atoms with E-state index in [1.165, 1.54) is 11.1 Å². The van der Waals surface area contributed by atoms with Crippen molar-refractivity contribution in [2.45, 2.75) is 52.1 Å². The van der Waals surface area contributed by atoms with Crippen LogP contribution in [0.5, 0.6) is 0 Å². The zero-order valence-electron chi connectivity index (χ0n) is 16.7. The molecule has 27 heavy (non-hydrogen) atoms. The van der Waals surface area contributed by atoms with E-state index >= 15 is 0 Å². The minimum Gasteiger partial charge on any atom is -0.335 e. The van der Waals surface area contributed by atoms with Gasteiger partial charge >= 0.3 is 0 Å². The fourth-order valence-corrected chi connectivity index (χ4v) is 4.38. The molecule has 144 valence electrons. The molecule has 1 amide bonds. The number of piperazine rings is 1. The first kappa shape index (κ1) is 18.2. The molecule has 1 aliphatic heterocycles. The third-order valence-electron chi connectivity index (χ3n) is 6.06. The zero-order chi connectivity index (χ0) is 19.0. The van der Waals surface area contributed by atoms with Crippen LogP contribution in [0.4, 0.5) is 0 Å². The lowest BCUT2D eigenvalue weighted by atomic mass is 10.1. The Bertz CT molecular complexity index is 792. The minimum atomic E-state index is 0.130. The van der Waals surface area contributed by atoms with E-state index < -0.39 is 0 Å². The van der Waals surface area contributed by atoms with Crippen molar-refractivity contribution in [1.82, 2.24) is 19.6 Å². The molecule has 0 radical (unpaired) electrons. The molecular formula is C22H30N4O. The largest absolute Gasteiger partial charge is 0.335 e. The molecule has 2 aliphatic rings. The van der Waals surface area contributed by atoms with Crippen molar-refractivity contribution in [2.24, 2.45) is 0 Å². The number of nitrogens with zero attached hydrogens (tertiary/aromatic N) is 4. The van der Waals surface area contributed by atoms with Gasteiger partial charge in [-0.25, -0.2) is 0 Å². The highest BCUT2D eigenvalue weighted by molar-refractivity contribution is 5.92. The maximum Gasteiger partial charge on any atom is 0.272 e. The lowest BCUT2D eigenvalue weighted by Crippen LogP contribution is -2.52. The Morgan fingerprint density at radius 2 is 1.74 bits per heavy atom. The number of rotatable bonds is 4. The quantitative estimate of drug-likeness (QED) is 0.835. The number of carbonyl (C=O) groups excluding carboxylic acids is 1. The van der Waals surface area contributed by atoms with E-state index in [0.29, 0.717) is 12.0 Å². The topological polar surface area (TPSA) is 41.4 Å². The van der Waals surface area contributed by atoms with Crippen LogP contribution in [0.25, 0.3) is 0 Å². The van der Waals surface area contributed by atoms with Gasteiger partial charge < -0.3 is 4.90 Å². The molecule has 0 bridgehead atoms. The van der Waals surface area contributed by atoms with E-state index in [9.17, 15) is 4.79 Å². The molecule has 1 aromatic carbocycles. The predicted octanol–water partition coefficient (Wildman–Crippen LogP) is 2.95. The highest BCUT2D eigenvalue weighted by atomic mass is 16.2. The third-order valence-corrected chi connectivity index (χ3v) is 6.06. The lowest BCUT2D eigenvalue weighted by Gasteiger charge is -2.38. The Morgan fingerprint density at radius 3 is 2.30 bits per heavy atom. The van der Waals surface area contributed by atoms with Gasteiger partial charge in [-0.3, -0.25) is 14.4 Å². The number of hydrogen-bond acceptors (Lipinski definition) is 3. The summed E-state index contributed by atoms with van der Waals surface area (Å²) in [7, 11) is 0. The Balaban J connectivity index is 1.39. The first-order valence-corrected chi connectivity index (χ1v) is 10.2. The third kappa shape index (κ3) is 3.53. The molecule has 0 unspecified atom stereocenters. The average Bonchev–Trinajstić information content (AvgIpc) is 3.31. The van der Waals surface area contributed by atoms with Crippen molar-refractivity contribution in [3.8, 4) is 0 Å². The summed E-state index contributed by atoms with van der Waals surface area (Å²) in [4.78, 5) is 17.6. The number of benzene rings is 1. The van der Waals surface area contributed by atoms with Gasteiger partial charge in [0.1, 0.15) is 5.69 Å². The van der Waals surface area contributed by atoms with E-state index in [2.05, 4.69) is 48.1 Å². The fourth-order valence-electron chi connectivity index (χ4n) is 4.38. The number of fused-ring (bicyclic) bond motifs is 1. The van der Waals surface area contributed by atoms with Crippen molar-refractivity contribution in [2.75, 3.05) is 26.2 Å². The summed E-state index contributed by atoms with van der Waals surface area (Å²) in [6.45, 7) is 10.5. The normalized spacial score (nSPS) is 18.3. The van der Waals surface area contributed by atoms with E-state index in [0.717, 1.165) is 57.0 Å². The molecule has 1 aromatic heterocycles. The second kappa shape index (κ2) is 7.47. The molecule has 1 fully saturated rings. The highest BCUT2D eigenvalue weighted by Crippen LogP contribution is 2.26. The van der Waals surface area contributed by atoms with Crippen LogP contribution >= 0.6 is 0 Å². The molecular weight excluding hydrogens is 336 g/mol. The number of aromatic nitrogens is 2. The fraction of sp³-hybridized carbons (Fsp3) is 0.545. The summed E-state index contributed by atoms with van der Waals surface area (Å²) in [5.74, 6) is 0.468. The maximum atomic E-state index is 13.1. The van der Waals surface area contributed by atoms with Crippen molar-refractivity contribution in [1.29, 1.82) is 0 Å². The first-order chi connectivity index (χ1) is 13.1. The molecule has 0 saturated carbocycles. The van der Waals surface area contributed by atoms with Gasteiger partial charge in [0.2, 0.25) is 0 Å². The number of hydrogen-bond donors (Lipinski definition) is 0. The molecule has 5 heteroatoms. The Hall–Kier alpha value is -2.14. The van der Waals surface area contributed by atoms with Crippen LogP contribution in [0.1, 0.15) is 54.0 Å². The number of carbonyl (C=O) groups is 1. The second-order valence-electron chi connectivity index (χ2n) is 8.08. The summed E-state index contributed by atoms with van der Waals surface area (Å²) >= 11 is 0. The Labute approximate surface area is 162 Å². The number of amides is 1. The van der Waals surface area contributed by atoms with Crippen molar-refractivity contribution < 1.29 is 4.79 Å². The summed E-state index contributed by atoms with van der Waals surface area (Å²) in [6.07, 6.45) is 2.29. The van der Waals surface area contributed by atoms with Crippen LogP contribution in [0.2, 0.25) is 0 Å². The van der Waals surface area contributed by atoms with Crippen LogP contribution < -0.4 is 0 Å². The van der Waals surface area contributed by atoms with E-state index in [-0.39, 0.29) is 5.91 Å². The second-order valence-corrected chi connectivity index (χ2v) is 8.08. The van der Waals surface area contributed by atoms with Gasteiger partial charge in [0.25, 0.3) is 5.91 Å². The molecule has 0 spiro atoms. The van der Waals surface area contributed by atoms with Crippen molar-refractivity contribution in [3.63, 3.8) is 0 Å². The zero-order valence-corrected chi connectivity index (χ0v) is 16.7. The molecule has 5 nitrogen and oxygen atoms in total. The van der Waals surface area contributed by atoms with E-state index in [4.69, 9.17) is 0 Å². The van der Waals surface area contributed by atoms with Crippen molar-refractivity contribution in [3.05, 3.63) is 52.8 Å². The summed E-state index contributed by atoms with van der Waals surface area (Å²) in [6, 6.07) is 11.4. The van der Waals surface area contributed by atoms with Gasteiger partial charge in [0, 0.05) is 38.8 Å². The van der Waals surface area contributed by atoms with Gasteiger partial charge in [0.15, 0.2) is 0 Å². The van der Waals surface area contributed by atoms with Gasteiger partial charge in [0.05, 0.1) is 5.69 Å². The molecule has 1 saturated heterocycles. The van der Waals surface area contributed by atoms with Crippen LogP contribution in [0.3, 0.4) is 0 Å². The first-order valence-electron chi connectivity index (χ1n) is 10.2. The van der Waals surface area contributed by atoms with Gasteiger partial charge in [-0.15, -0.1) is 0 Å². The van der Waals surface area contributed by atoms with Crippen molar-refractivity contribution >= 4 is 5.91 Å². The maximum absolute atomic E-state index is 13.1. The standard InChI is InChI=1S/C22H30N4O/c1-4-26-21(15-20(23-26)16(2)3)22(27)25-11-9-24(10-12-25)19-13-17-7-5-6-8-18(17)14-19/h5-8,15-16,19H,4,9-14H2,1-3H3. The van der Waals surface area contributed by atoms with Gasteiger partial charge in [-0.2, -0.15) is 5.10 Å². The predicted molar refractivity (Wildman–Crippen MR) is 107 cm³/mol. The molecule has 0 atom stereocenters. The summed E-state index contributed by atoms with van der Waals surface area (Å²) < 4.78 is 1.86. The van der Waals surface area contributed by atoms with Crippen LogP contribution in [-0.4, -0.2) is 57.7 Å². The average molecular weight is 367 g/mol. The summed E-state index contributed by atoms with van der Waals surface area (Å²) in [5.41, 5.74) is 4.73. The monoisotopic (exact) mass is 366 g/mol. The van der Waals surface area contributed by atoms with Gasteiger partial charge in [-0.1, -0.05) is 38.1 Å². The molecule has 1 aliphatic carbocycles. The van der Waals surface area contributed by atoms with E-state index in [1.54, 1.807) is 0 Å². The van der Waals surface area contributed by atoms with Crippen LogP contribution in [-0.2, 0) is 19.4 Å². The van der Waals surface area contributed by atoms with Crippen LogP contribution in [0.15, 0.2) is 30.3 Å². The highest BCUT2D eigenvalue weighted by Gasteiger charge is 2.31. The molecule has 2 aromatic rings. The molecule has 0 N–H and O–H groups in total.